The molecule has 0 aliphatic heterocycles. The van der Waals surface area contributed by atoms with Crippen LogP contribution in [0.5, 0.6) is 0 Å². The van der Waals surface area contributed by atoms with Crippen LogP contribution in [0.25, 0.3) is 0 Å². The van der Waals surface area contributed by atoms with Gasteiger partial charge in [-0.3, -0.25) is 0 Å². The lowest BCUT2D eigenvalue weighted by Gasteiger charge is -2.32. The van der Waals surface area contributed by atoms with E-state index < -0.39 is 45.6 Å². The van der Waals surface area contributed by atoms with E-state index in [-0.39, 0.29) is 16.7 Å². The van der Waals surface area contributed by atoms with E-state index in [2.05, 4.69) is 19.7 Å². The Bertz CT molecular complexity index is 582. The largest absolute Gasteiger partial charge is 0.505 e. The van der Waals surface area contributed by atoms with E-state index >= 15 is 0 Å². The first kappa shape index (κ1) is 26.7. The number of carbonyl (C=O) groups excluding carboxylic acids is 3. The average molecular weight is 431 g/mol. The van der Waals surface area contributed by atoms with Crippen LogP contribution < -0.4 is 0 Å². The van der Waals surface area contributed by atoms with Crippen molar-refractivity contribution in [2.45, 2.75) is 67.0 Å². The third-order valence-corrected chi connectivity index (χ3v) is 5.28. The molecular formula is C19H30O9Si. The van der Waals surface area contributed by atoms with E-state index in [1.165, 1.54) is 48.1 Å². The molecular weight excluding hydrogens is 400 g/mol. The van der Waals surface area contributed by atoms with E-state index in [9.17, 15) is 14.4 Å². The van der Waals surface area contributed by atoms with Gasteiger partial charge in [0.05, 0.1) is 0 Å². The molecule has 0 aromatic carbocycles. The Balaban J connectivity index is 5.32. The number of rotatable bonds is 12. The Morgan fingerprint density at radius 3 is 1.00 bits per heavy atom. The number of hydrogen-bond donors (Lipinski definition) is 0. The maximum atomic E-state index is 11.7. The average Bonchev–Trinajstić information content (AvgIpc) is 2.52. The van der Waals surface area contributed by atoms with E-state index in [1.807, 2.05) is 0 Å². The lowest BCUT2D eigenvalue weighted by atomic mass is 10.4. The third kappa shape index (κ3) is 10.7. The minimum atomic E-state index is -3.66. The molecule has 0 radical (unpaired) electrons. The number of esters is 3. The molecule has 0 saturated carbocycles. The number of ether oxygens (including phenoxy) is 3. The van der Waals surface area contributed by atoms with Crippen molar-refractivity contribution >= 4 is 26.7 Å². The van der Waals surface area contributed by atoms with Crippen LogP contribution in [0.1, 0.15) is 41.5 Å². The van der Waals surface area contributed by atoms with Crippen LogP contribution in [-0.4, -0.2) is 45.6 Å². The number of carbonyl (C=O) groups is 3. The van der Waals surface area contributed by atoms with Crippen molar-refractivity contribution in [1.82, 2.24) is 0 Å². The highest BCUT2D eigenvalue weighted by Gasteiger charge is 2.43. The topological polar surface area (TPSA) is 107 Å². The molecule has 3 atom stereocenters. The van der Waals surface area contributed by atoms with Gasteiger partial charge in [0.1, 0.15) is 0 Å². The second-order valence-electron chi connectivity index (χ2n) is 6.48. The Hall–Kier alpha value is -2.27. The molecule has 0 amide bonds. The summed E-state index contributed by atoms with van der Waals surface area (Å²) in [4.78, 5) is 35.1. The first-order valence-electron chi connectivity index (χ1n) is 8.79. The van der Waals surface area contributed by atoms with E-state index in [0.29, 0.717) is 0 Å². The summed E-state index contributed by atoms with van der Waals surface area (Å²) in [5.41, 5.74) is 0.537. The predicted octanol–water partition coefficient (Wildman–Crippen LogP) is 3.00. The first-order valence-corrected chi connectivity index (χ1v) is 11.0. The van der Waals surface area contributed by atoms with E-state index in [4.69, 9.17) is 27.5 Å². The molecule has 0 bridgehead atoms. The first-order chi connectivity index (χ1) is 13.2. The Labute approximate surface area is 172 Å². The number of hydrogen-bond acceptors (Lipinski definition) is 9. The fraction of sp³-hybridized carbons (Fsp3) is 0.526. The minimum absolute atomic E-state index is 0.179. The van der Waals surface area contributed by atoms with Gasteiger partial charge in [0, 0.05) is 23.3 Å². The normalized spacial score (nSPS) is 15.8. The van der Waals surface area contributed by atoms with E-state index in [0.717, 1.165) is 0 Å². The van der Waals surface area contributed by atoms with Crippen LogP contribution in [0.2, 0.25) is 6.55 Å². The van der Waals surface area contributed by atoms with Gasteiger partial charge in [-0.1, -0.05) is 19.7 Å². The van der Waals surface area contributed by atoms with Crippen molar-refractivity contribution in [1.29, 1.82) is 0 Å². The monoisotopic (exact) mass is 430 g/mol. The highest BCUT2D eigenvalue weighted by Crippen LogP contribution is 2.20. The summed E-state index contributed by atoms with van der Waals surface area (Å²) in [5, 5.41) is 0. The Kier molecular flexibility index (Phi) is 10.7. The quantitative estimate of drug-likeness (QED) is 0.152. The van der Waals surface area contributed by atoms with Crippen LogP contribution in [-0.2, 0) is 41.9 Å². The zero-order valence-corrected chi connectivity index (χ0v) is 19.0. The molecule has 0 saturated heterocycles. The maximum Gasteiger partial charge on any atom is 0.505 e. The van der Waals surface area contributed by atoms with Crippen molar-refractivity contribution in [3.8, 4) is 0 Å². The molecule has 29 heavy (non-hydrogen) atoms. The SMILES string of the molecule is C=C(C)C(=O)OC(C)O[Si](C)(OC(C)OC(=O)C(=C)C)OC(C)OC(=O)C(=C)C. The van der Waals surface area contributed by atoms with Crippen molar-refractivity contribution < 1.29 is 41.9 Å². The van der Waals surface area contributed by atoms with Crippen molar-refractivity contribution in [3.63, 3.8) is 0 Å². The summed E-state index contributed by atoms with van der Waals surface area (Å²) in [6, 6.07) is 0. The predicted molar refractivity (Wildman–Crippen MR) is 106 cm³/mol. The summed E-state index contributed by atoms with van der Waals surface area (Å²) < 4.78 is 32.2. The van der Waals surface area contributed by atoms with Gasteiger partial charge < -0.3 is 27.5 Å². The molecule has 3 unspecified atom stereocenters. The van der Waals surface area contributed by atoms with Gasteiger partial charge in [-0.2, -0.15) is 0 Å². The van der Waals surface area contributed by atoms with Gasteiger partial charge in [-0.15, -0.1) is 0 Å². The Morgan fingerprint density at radius 2 is 0.828 bits per heavy atom. The van der Waals surface area contributed by atoms with Crippen LogP contribution >= 0.6 is 0 Å². The highest BCUT2D eigenvalue weighted by atomic mass is 28.4. The van der Waals surface area contributed by atoms with Crippen LogP contribution in [0, 0.1) is 0 Å². The van der Waals surface area contributed by atoms with Gasteiger partial charge in [0.15, 0.2) is 18.9 Å². The van der Waals surface area contributed by atoms with Gasteiger partial charge in [-0.05, 0) is 41.5 Å². The molecule has 0 aliphatic rings. The molecule has 0 aliphatic carbocycles. The molecule has 10 heteroatoms. The summed E-state index contributed by atoms with van der Waals surface area (Å²) in [5.74, 6) is -2.01. The van der Waals surface area contributed by atoms with Crippen LogP contribution in [0.4, 0.5) is 0 Å². The fourth-order valence-corrected chi connectivity index (χ4v) is 3.93. The van der Waals surface area contributed by atoms with Crippen molar-refractivity contribution in [2.75, 3.05) is 0 Å². The summed E-state index contributed by atoms with van der Waals surface area (Å²) in [6.45, 7) is 20.7. The fourth-order valence-electron chi connectivity index (χ4n) is 1.81. The molecule has 0 aromatic rings. The molecule has 0 fully saturated rings. The summed E-state index contributed by atoms with van der Waals surface area (Å²) in [6.07, 6.45) is -3.24. The molecule has 0 heterocycles. The molecule has 0 aromatic heterocycles. The second-order valence-corrected chi connectivity index (χ2v) is 8.91. The minimum Gasteiger partial charge on any atom is -0.434 e. The van der Waals surface area contributed by atoms with Gasteiger partial charge in [0.2, 0.25) is 0 Å². The lowest BCUT2D eigenvalue weighted by molar-refractivity contribution is -0.187. The lowest BCUT2D eigenvalue weighted by Crippen LogP contribution is -2.51. The van der Waals surface area contributed by atoms with Crippen LogP contribution in [0.15, 0.2) is 36.5 Å². The molecule has 0 rings (SSSR count). The van der Waals surface area contributed by atoms with Gasteiger partial charge in [0.25, 0.3) is 0 Å². The summed E-state index contributed by atoms with van der Waals surface area (Å²) >= 11 is 0. The molecule has 164 valence electrons. The van der Waals surface area contributed by atoms with Crippen molar-refractivity contribution in [2.24, 2.45) is 0 Å². The van der Waals surface area contributed by atoms with E-state index in [1.54, 1.807) is 0 Å². The molecule has 0 spiro atoms. The van der Waals surface area contributed by atoms with Crippen LogP contribution in [0.3, 0.4) is 0 Å². The third-order valence-electron chi connectivity index (χ3n) is 3.00. The summed E-state index contributed by atoms with van der Waals surface area (Å²) in [7, 11) is -3.66. The highest BCUT2D eigenvalue weighted by molar-refractivity contribution is 6.59. The maximum absolute atomic E-state index is 11.7. The van der Waals surface area contributed by atoms with Gasteiger partial charge >= 0.3 is 26.7 Å². The smallest absolute Gasteiger partial charge is 0.434 e. The standard InChI is InChI=1S/C19H30O9Si/c1-11(2)17(20)23-14(7)26-29(10,27-15(8)24-18(21)12(3)4)28-16(9)25-19(22)13(5)6/h14-16H,1,3,5H2,2,4,6-10H3. The van der Waals surface area contributed by atoms with Gasteiger partial charge in [-0.25, -0.2) is 14.4 Å². The second kappa shape index (κ2) is 11.7. The molecule has 0 N–H and O–H groups in total. The molecule has 9 nitrogen and oxygen atoms in total. The van der Waals surface area contributed by atoms with Crippen molar-refractivity contribution in [3.05, 3.63) is 36.5 Å². The zero-order valence-electron chi connectivity index (χ0n) is 18.0. The zero-order chi connectivity index (χ0) is 22.9. The Morgan fingerprint density at radius 1 is 0.621 bits per heavy atom.